The van der Waals surface area contributed by atoms with Gasteiger partial charge in [-0.3, -0.25) is 4.79 Å². The summed E-state index contributed by atoms with van der Waals surface area (Å²) in [5.74, 6) is -0.234. The summed E-state index contributed by atoms with van der Waals surface area (Å²) < 4.78 is 1.76. The van der Waals surface area contributed by atoms with Gasteiger partial charge in [0.15, 0.2) is 0 Å². The van der Waals surface area contributed by atoms with Crippen LogP contribution < -0.4 is 5.32 Å². The van der Waals surface area contributed by atoms with Crippen LogP contribution in [0.3, 0.4) is 0 Å². The molecule has 3 aromatic rings. The van der Waals surface area contributed by atoms with Crippen molar-refractivity contribution >= 4 is 29.1 Å². The molecule has 0 aliphatic rings. The standard InChI is InChI=1S/C17H13Cl2N3O/c18-14-6-13(7-15(19)8-14)17(23)20-9-12-10-21-22(11-12)16-4-2-1-3-5-16/h1-8,10-11H,9H2,(H,20,23). The van der Waals surface area contributed by atoms with Crippen LogP contribution in [0, 0.1) is 0 Å². The van der Waals surface area contributed by atoms with E-state index in [1.54, 1.807) is 29.1 Å². The summed E-state index contributed by atoms with van der Waals surface area (Å²) in [4.78, 5) is 12.1. The maximum Gasteiger partial charge on any atom is 0.251 e. The summed E-state index contributed by atoms with van der Waals surface area (Å²) >= 11 is 11.8. The van der Waals surface area contributed by atoms with Gasteiger partial charge in [0, 0.05) is 33.9 Å². The summed E-state index contributed by atoms with van der Waals surface area (Å²) in [6, 6.07) is 14.5. The third-order valence-corrected chi connectivity index (χ3v) is 3.67. The lowest BCUT2D eigenvalue weighted by atomic mass is 10.2. The van der Waals surface area contributed by atoms with E-state index < -0.39 is 0 Å². The number of benzene rings is 2. The van der Waals surface area contributed by atoms with Crippen molar-refractivity contribution in [3.05, 3.63) is 82.1 Å². The van der Waals surface area contributed by atoms with Crippen molar-refractivity contribution in [2.75, 3.05) is 0 Å². The molecule has 0 aliphatic heterocycles. The predicted octanol–water partition coefficient (Wildman–Crippen LogP) is 4.11. The molecule has 0 saturated carbocycles. The third kappa shape index (κ3) is 3.92. The number of carbonyl (C=O) groups is 1. The number of amides is 1. The van der Waals surface area contributed by atoms with Crippen LogP contribution in [-0.4, -0.2) is 15.7 Å². The Morgan fingerprint density at radius 2 is 1.78 bits per heavy atom. The highest BCUT2D eigenvalue weighted by molar-refractivity contribution is 6.35. The van der Waals surface area contributed by atoms with E-state index >= 15 is 0 Å². The quantitative estimate of drug-likeness (QED) is 0.773. The first-order valence-corrected chi connectivity index (χ1v) is 7.71. The maximum absolute atomic E-state index is 12.1. The summed E-state index contributed by atoms with van der Waals surface area (Å²) in [7, 11) is 0. The summed E-state index contributed by atoms with van der Waals surface area (Å²) in [6.07, 6.45) is 3.60. The number of carbonyl (C=O) groups excluding carboxylic acids is 1. The lowest BCUT2D eigenvalue weighted by molar-refractivity contribution is 0.0951. The molecule has 6 heteroatoms. The molecular formula is C17H13Cl2N3O. The van der Waals surface area contributed by atoms with Crippen LogP contribution >= 0.6 is 23.2 Å². The Morgan fingerprint density at radius 1 is 1.09 bits per heavy atom. The van der Waals surface area contributed by atoms with Crippen LogP contribution in [0.15, 0.2) is 60.9 Å². The third-order valence-electron chi connectivity index (χ3n) is 3.23. The van der Waals surface area contributed by atoms with Crippen molar-refractivity contribution < 1.29 is 4.79 Å². The van der Waals surface area contributed by atoms with E-state index in [9.17, 15) is 4.79 Å². The van der Waals surface area contributed by atoms with E-state index in [0.29, 0.717) is 22.2 Å². The van der Waals surface area contributed by atoms with E-state index in [4.69, 9.17) is 23.2 Å². The number of rotatable bonds is 4. The Morgan fingerprint density at radius 3 is 2.48 bits per heavy atom. The molecule has 1 amide bonds. The lowest BCUT2D eigenvalue weighted by Gasteiger charge is -2.05. The monoisotopic (exact) mass is 345 g/mol. The number of aromatic nitrogens is 2. The Bertz CT molecular complexity index is 811. The smallest absolute Gasteiger partial charge is 0.251 e. The molecule has 1 N–H and O–H groups in total. The van der Waals surface area contributed by atoms with E-state index in [2.05, 4.69) is 10.4 Å². The van der Waals surface area contributed by atoms with Crippen LogP contribution in [0.1, 0.15) is 15.9 Å². The second-order valence-corrected chi connectivity index (χ2v) is 5.84. The maximum atomic E-state index is 12.1. The first-order chi connectivity index (χ1) is 11.1. The van der Waals surface area contributed by atoms with E-state index in [-0.39, 0.29) is 5.91 Å². The Balaban J connectivity index is 1.67. The SMILES string of the molecule is O=C(NCc1cnn(-c2ccccc2)c1)c1cc(Cl)cc(Cl)c1. The lowest BCUT2D eigenvalue weighted by Crippen LogP contribution is -2.22. The van der Waals surface area contributed by atoms with Crippen molar-refractivity contribution in [3.63, 3.8) is 0 Å². The summed E-state index contributed by atoms with van der Waals surface area (Å²) in [6.45, 7) is 0.371. The van der Waals surface area contributed by atoms with Gasteiger partial charge < -0.3 is 5.32 Å². The van der Waals surface area contributed by atoms with Crippen molar-refractivity contribution in [3.8, 4) is 5.69 Å². The van der Waals surface area contributed by atoms with Gasteiger partial charge in [0.25, 0.3) is 5.91 Å². The first kappa shape index (κ1) is 15.6. The van der Waals surface area contributed by atoms with Crippen LogP contribution in [0.4, 0.5) is 0 Å². The van der Waals surface area contributed by atoms with Gasteiger partial charge in [0.1, 0.15) is 0 Å². The van der Waals surface area contributed by atoms with Gasteiger partial charge in [-0.15, -0.1) is 0 Å². The zero-order chi connectivity index (χ0) is 16.2. The number of hydrogen-bond acceptors (Lipinski definition) is 2. The van der Waals surface area contributed by atoms with Crippen molar-refractivity contribution in [1.29, 1.82) is 0 Å². The Hall–Kier alpha value is -2.30. The largest absolute Gasteiger partial charge is 0.348 e. The molecule has 0 unspecified atom stereocenters. The minimum Gasteiger partial charge on any atom is -0.348 e. The molecule has 1 heterocycles. The molecule has 0 atom stereocenters. The fourth-order valence-corrected chi connectivity index (χ4v) is 2.67. The van der Waals surface area contributed by atoms with E-state index in [1.807, 2.05) is 36.5 Å². The topological polar surface area (TPSA) is 46.9 Å². The summed E-state index contributed by atoms with van der Waals surface area (Å²) in [5.41, 5.74) is 2.29. The molecule has 4 nitrogen and oxygen atoms in total. The predicted molar refractivity (Wildman–Crippen MR) is 91.2 cm³/mol. The molecule has 0 saturated heterocycles. The molecule has 0 aliphatic carbocycles. The molecule has 23 heavy (non-hydrogen) atoms. The molecular weight excluding hydrogens is 333 g/mol. The highest BCUT2D eigenvalue weighted by Crippen LogP contribution is 2.19. The van der Waals surface area contributed by atoms with Gasteiger partial charge in [-0.25, -0.2) is 4.68 Å². The van der Waals surface area contributed by atoms with Crippen LogP contribution in [0.2, 0.25) is 10.0 Å². The number of nitrogens with one attached hydrogen (secondary N) is 1. The fourth-order valence-electron chi connectivity index (χ4n) is 2.14. The van der Waals surface area contributed by atoms with Crippen LogP contribution in [0.25, 0.3) is 5.69 Å². The van der Waals surface area contributed by atoms with Gasteiger partial charge in [-0.2, -0.15) is 5.10 Å². The molecule has 116 valence electrons. The normalized spacial score (nSPS) is 10.5. The van der Waals surface area contributed by atoms with Gasteiger partial charge in [-0.1, -0.05) is 41.4 Å². The number of nitrogens with zero attached hydrogens (tertiary/aromatic N) is 2. The number of halogens is 2. The highest BCUT2D eigenvalue weighted by Gasteiger charge is 2.08. The first-order valence-electron chi connectivity index (χ1n) is 6.95. The average Bonchev–Trinajstić information content (AvgIpc) is 3.01. The van der Waals surface area contributed by atoms with Gasteiger partial charge in [0.2, 0.25) is 0 Å². The van der Waals surface area contributed by atoms with Gasteiger partial charge in [-0.05, 0) is 30.3 Å². The molecule has 3 rings (SSSR count). The zero-order valence-corrected chi connectivity index (χ0v) is 13.6. The Kier molecular flexibility index (Phi) is 4.65. The van der Waals surface area contributed by atoms with Crippen LogP contribution in [0.5, 0.6) is 0 Å². The van der Waals surface area contributed by atoms with Gasteiger partial charge >= 0.3 is 0 Å². The second kappa shape index (κ2) is 6.86. The van der Waals surface area contributed by atoms with Gasteiger partial charge in [0.05, 0.1) is 11.9 Å². The van der Waals surface area contributed by atoms with Crippen molar-refractivity contribution in [2.24, 2.45) is 0 Å². The highest BCUT2D eigenvalue weighted by atomic mass is 35.5. The van der Waals surface area contributed by atoms with Crippen molar-refractivity contribution in [1.82, 2.24) is 15.1 Å². The molecule has 0 fully saturated rings. The zero-order valence-electron chi connectivity index (χ0n) is 12.0. The molecule has 0 radical (unpaired) electrons. The van der Waals surface area contributed by atoms with Crippen molar-refractivity contribution in [2.45, 2.75) is 6.54 Å². The molecule has 2 aromatic carbocycles. The Labute approximate surface area is 143 Å². The minimum atomic E-state index is -0.234. The number of hydrogen-bond donors (Lipinski definition) is 1. The molecule has 0 spiro atoms. The van der Waals surface area contributed by atoms with E-state index in [1.165, 1.54) is 0 Å². The summed E-state index contributed by atoms with van der Waals surface area (Å²) in [5, 5.41) is 7.97. The fraction of sp³-hybridized carbons (Fsp3) is 0.0588. The molecule has 1 aromatic heterocycles. The minimum absolute atomic E-state index is 0.234. The van der Waals surface area contributed by atoms with E-state index in [0.717, 1.165) is 11.3 Å². The van der Waals surface area contributed by atoms with Crippen LogP contribution in [-0.2, 0) is 6.54 Å². The average molecular weight is 346 g/mol. The molecule has 0 bridgehead atoms. The number of para-hydroxylation sites is 1. The second-order valence-electron chi connectivity index (χ2n) is 4.97.